The first-order valence-corrected chi connectivity index (χ1v) is 5.90. The second-order valence-corrected chi connectivity index (χ2v) is 4.35. The third-order valence-corrected chi connectivity index (χ3v) is 3.16. The quantitative estimate of drug-likeness (QED) is 0.651. The van der Waals surface area contributed by atoms with Crippen molar-refractivity contribution in [2.45, 2.75) is 6.92 Å². The van der Waals surface area contributed by atoms with E-state index >= 15 is 0 Å². The first kappa shape index (κ1) is 10.1. The molecule has 0 atom stereocenters. The topological polar surface area (TPSA) is 60.7 Å². The predicted molar refractivity (Wildman–Crippen MR) is 65.5 cm³/mol. The first-order valence-electron chi connectivity index (χ1n) is 5.02. The van der Waals surface area contributed by atoms with Crippen molar-refractivity contribution in [1.29, 1.82) is 0 Å². The van der Waals surface area contributed by atoms with Crippen LogP contribution in [0.4, 0.5) is 0 Å². The van der Waals surface area contributed by atoms with Crippen molar-refractivity contribution in [3.05, 3.63) is 46.0 Å². The molecule has 5 nitrogen and oxygen atoms in total. The molecule has 0 amide bonds. The fraction of sp³-hybridized carbons (Fsp3) is 0.0909. The Bertz CT molecular complexity index is 733. The number of fused-ring (bicyclic) bond motifs is 1. The Morgan fingerprint density at radius 2 is 2.12 bits per heavy atom. The minimum Gasteiger partial charge on any atom is -0.268 e. The molecule has 0 unspecified atom stereocenters. The van der Waals surface area contributed by atoms with Crippen LogP contribution in [0.2, 0.25) is 0 Å². The standard InChI is InChI=1S/C11H8N4OS/c1-7-13-9-5-3-2-4-8(9)10(16)15(7)11-14-12-6-17-11/h2-6H,1H3. The summed E-state index contributed by atoms with van der Waals surface area (Å²) in [4.78, 5) is 16.7. The zero-order valence-corrected chi connectivity index (χ0v) is 9.81. The van der Waals surface area contributed by atoms with Gasteiger partial charge in [0.05, 0.1) is 10.9 Å². The Labute approximate surface area is 100 Å². The molecule has 0 N–H and O–H groups in total. The van der Waals surface area contributed by atoms with Crippen LogP contribution in [0.25, 0.3) is 16.0 Å². The number of rotatable bonds is 1. The molecule has 1 aromatic carbocycles. The Morgan fingerprint density at radius 3 is 2.88 bits per heavy atom. The average Bonchev–Trinajstić information content (AvgIpc) is 2.83. The predicted octanol–water partition coefficient (Wildman–Crippen LogP) is 1.55. The minimum absolute atomic E-state index is 0.107. The van der Waals surface area contributed by atoms with E-state index in [1.165, 1.54) is 15.9 Å². The van der Waals surface area contributed by atoms with Crippen molar-refractivity contribution in [3.8, 4) is 5.13 Å². The molecule has 0 aliphatic rings. The van der Waals surface area contributed by atoms with Crippen LogP contribution in [0.15, 0.2) is 34.6 Å². The van der Waals surface area contributed by atoms with Gasteiger partial charge < -0.3 is 0 Å². The van der Waals surface area contributed by atoms with E-state index in [0.717, 1.165) is 0 Å². The molecule has 0 saturated heterocycles. The maximum atomic E-state index is 12.3. The Kier molecular flexibility index (Phi) is 2.22. The fourth-order valence-corrected chi connectivity index (χ4v) is 2.34. The number of hydrogen-bond acceptors (Lipinski definition) is 5. The van der Waals surface area contributed by atoms with E-state index in [1.807, 2.05) is 18.2 Å². The van der Waals surface area contributed by atoms with Gasteiger partial charge in [0.1, 0.15) is 11.3 Å². The lowest BCUT2D eigenvalue weighted by Crippen LogP contribution is -2.22. The summed E-state index contributed by atoms with van der Waals surface area (Å²) in [5.74, 6) is 0.616. The van der Waals surface area contributed by atoms with Gasteiger partial charge in [0.2, 0.25) is 5.13 Å². The highest BCUT2D eigenvalue weighted by molar-refractivity contribution is 7.11. The van der Waals surface area contributed by atoms with E-state index in [2.05, 4.69) is 15.2 Å². The van der Waals surface area contributed by atoms with Crippen LogP contribution in [0, 0.1) is 6.92 Å². The second kappa shape index (κ2) is 3.74. The Hall–Kier alpha value is -2.08. The molecule has 0 spiro atoms. The molecule has 0 aliphatic carbocycles. The SMILES string of the molecule is Cc1nc2ccccc2c(=O)n1-c1nncs1. The normalized spacial score (nSPS) is 10.9. The Balaban J connectivity index is 2.44. The maximum Gasteiger partial charge on any atom is 0.267 e. The number of aryl methyl sites for hydroxylation is 1. The van der Waals surface area contributed by atoms with Gasteiger partial charge in [-0.05, 0) is 19.1 Å². The Morgan fingerprint density at radius 1 is 1.29 bits per heavy atom. The lowest BCUT2D eigenvalue weighted by molar-refractivity contribution is 0.862. The van der Waals surface area contributed by atoms with Crippen LogP contribution in [0.3, 0.4) is 0 Å². The molecule has 6 heteroatoms. The summed E-state index contributed by atoms with van der Waals surface area (Å²) >= 11 is 1.31. The van der Waals surface area contributed by atoms with Gasteiger partial charge in [0.25, 0.3) is 5.56 Å². The van der Waals surface area contributed by atoms with Crippen LogP contribution in [0.5, 0.6) is 0 Å². The highest BCUT2D eigenvalue weighted by Crippen LogP contribution is 2.12. The third-order valence-electron chi connectivity index (χ3n) is 2.48. The fourth-order valence-electron chi connectivity index (χ4n) is 1.73. The monoisotopic (exact) mass is 244 g/mol. The van der Waals surface area contributed by atoms with Gasteiger partial charge in [-0.1, -0.05) is 23.5 Å². The van der Waals surface area contributed by atoms with Crippen molar-refractivity contribution in [2.24, 2.45) is 0 Å². The highest BCUT2D eigenvalue weighted by atomic mass is 32.1. The molecule has 3 aromatic rings. The molecule has 17 heavy (non-hydrogen) atoms. The summed E-state index contributed by atoms with van der Waals surface area (Å²) in [6, 6.07) is 7.28. The zero-order chi connectivity index (χ0) is 11.8. The van der Waals surface area contributed by atoms with Crippen molar-refractivity contribution in [3.63, 3.8) is 0 Å². The van der Waals surface area contributed by atoms with E-state index < -0.39 is 0 Å². The van der Waals surface area contributed by atoms with Crippen molar-refractivity contribution in [1.82, 2.24) is 19.7 Å². The molecule has 0 aliphatic heterocycles. The molecule has 0 saturated carbocycles. The van der Waals surface area contributed by atoms with Crippen LogP contribution in [-0.4, -0.2) is 19.7 Å². The smallest absolute Gasteiger partial charge is 0.267 e. The number of para-hydroxylation sites is 1. The molecule has 0 bridgehead atoms. The van der Waals surface area contributed by atoms with Crippen LogP contribution in [-0.2, 0) is 0 Å². The van der Waals surface area contributed by atoms with Gasteiger partial charge >= 0.3 is 0 Å². The van der Waals surface area contributed by atoms with E-state index in [-0.39, 0.29) is 5.56 Å². The van der Waals surface area contributed by atoms with Gasteiger partial charge in [-0.2, -0.15) is 0 Å². The summed E-state index contributed by atoms with van der Waals surface area (Å²) in [6.07, 6.45) is 0. The van der Waals surface area contributed by atoms with E-state index in [9.17, 15) is 4.79 Å². The summed E-state index contributed by atoms with van der Waals surface area (Å²) in [6.45, 7) is 1.79. The van der Waals surface area contributed by atoms with Gasteiger partial charge in [0, 0.05) is 0 Å². The lowest BCUT2D eigenvalue weighted by Gasteiger charge is -2.06. The van der Waals surface area contributed by atoms with Gasteiger partial charge in [-0.3, -0.25) is 4.79 Å². The summed E-state index contributed by atoms with van der Waals surface area (Å²) < 4.78 is 1.49. The number of nitrogens with zero attached hydrogens (tertiary/aromatic N) is 4. The van der Waals surface area contributed by atoms with Crippen LogP contribution < -0.4 is 5.56 Å². The molecule has 0 radical (unpaired) electrons. The van der Waals surface area contributed by atoms with E-state index in [0.29, 0.717) is 21.9 Å². The largest absolute Gasteiger partial charge is 0.268 e. The number of benzene rings is 1. The summed E-state index contributed by atoms with van der Waals surface area (Å²) in [5.41, 5.74) is 2.19. The maximum absolute atomic E-state index is 12.3. The van der Waals surface area contributed by atoms with Gasteiger partial charge in [0.15, 0.2) is 0 Å². The minimum atomic E-state index is -0.107. The highest BCUT2D eigenvalue weighted by Gasteiger charge is 2.11. The first-order chi connectivity index (χ1) is 8.27. The second-order valence-electron chi connectivity index (χ2n) is 3.54. The molecular formula is C11H8N4OS. The summed E-state index contributed by atoms with van der Waals surface area (Å²) in [7, 11) is 0. The van der Waals surface area contributed by atoms with Crippen LogP contribution >= 0.6 is 11.3 Å². The van der Waals surface area contributed by atoms with Gasteiger partial charge in [-0.25, -0.2) is 9.55 Å². The molecular weight excluding hydrogens is 236 g/mol. The van der Waals surface area contributed by atoms with Crippen molar-refractivity contribution >= 4 is 22.2 Å². The van der Waals surface area contributed by atoms with Gasteiger partial charge in [-0.15, -0.1) is 10.2 Å². The average molecular weight is 244 g/mol. The lowest BCUT2D eigenvalue weighted by atomic mass is 10.2. The third kappa shape index (κ3) is 1.53. The molecule has 0 fully saturated rings. The van der Waals surface area contributed by atoms with Crippen molar-refractivity contribution in [2.75, 3.05) is 0 Å². The molecule has 2 aromatic heterocycles. The van der Waals surface area contributed by atoms with Crippen LogP contribution in [0.1, 0.15) is 5.82 Å². The number of aromatic nitrogens is 4. The molecule has 3 rings (SSSR count). The van der Waals surface area contributed by atoms with E-state index in [4.69, 9.17) is 0 Å². The van der Waals surface area contributed by atoms with E-state index in [1.54, 1.807) is 18.5 Å². The number of hydrogen-bond donors (Lipinski definition) is 0. The summed E-state index contributed by atoms with van der Waals surface area (Å²) in [5, 5.41) is 8.79. The zero-order valence-electron chi connectivity index (χ0n) is 8.99. The van der Waals surface area contributed by atoms with Crippen molar-refractivity contribution < 1.29 is 0 Å². The molecule has 2 heterocycles. The molecule has 84 valence electrons.